The van der Waals surface area contributed by atoms with Crippen LogP contribution in [-0.2, 0) is 5.54 Å². The van der Waals surface area contributed by atoms with Gasteiger partial charge in [0, 0.05) is 25.3 Å². The number of rotatable bonds is 5. The van der Waals surface area contributed by atoms with E-state index < -0.39 is 11.6 Å². The van der Waals surface area contributed by atoms with E-state index in [0.29, 0.717) is 5.76 Å². The summed E-state index contributed by atoms with van der Waals surface area (Å²) in [4.78, 5) is 0. The monoisotopic (exact) mass is 280 g/mol. The van der Waals surface area contributed by atoms with Gasteiger partial charge in [-0.3, -0.25) is 0 Å². The zero-order valence-electron chi connectivity index (χ0n) is 12.1. The van der Waals surface area contributed by atoms with Crippen LogP contribution in [0.2, 0.25) is 0 Å². The number of nitrogens with zero attached hydrogens (tertiary/aromatic N) is 1. The normalized spacial score (nSPS) is 11.8. The van der Waals surface area contributed by atoms with Crippen LogP contribution < -0.4 is 4.74 Å². The molecule has 0 aliphatic rings. The van der Waals surface area contributed by atoms with Gasteiger partial charge >= 0.3 is 0 Å². The maximum atomic E-state index is 13.8. The van der Waals surface area contributed by atoms with E-state index in [2.05, 4.69) is 20.8 Å². The zero-order valence-corrected chi connectivity index (χ0v) is 12.1. The van der Waals surface area contributed by atoms with Crippen LogP contribution >= 0.6 is 0 Å². The van der Waals surface area contributed by atoms with Gasteiger partial charge in [-0.1, -0.05) is 20.8 Å². The van der Waals surface area contributed by atoms with E-state index in [0.717, 1.165) is 25.3 Å². The van der Waals surface area contributed by atoms with E-state index in [4.69, 9.17) is 4.52 Å². The van der Waals surface area contributed by atoms with Crippen LogP contribution in [-0.4, -0.2) is 0 Å². The van der Waals surface area contributed by atoms with Crippen LogP contribution in [0.1, 0.15) is 40.0 Å². The second-order valence-corrected chi connectivity index (χ2v) is 5.01. The lowest BCUT2D eigenvalue weighted by Gasteiger charge is -2.19. The average molecular weight is 280 g/mol. The highest BCUT2D eigenvalue weighted by Gasteiger charge is 2.38. The molecule has 1 heterocycles. The van der Waals surface area contributed by atoms with Crippen molar-refractivity contribution < 1.29 is 18.0 Å². The maximum absolute atomic E-state index is 13.8. The van der Waals surface area contributed by atoms with Crippen LogP contribution in [0.15, 0.2) is 35.0 Å². The van der Waals surface area contributed by atoms with E-state index in [1.807, 2.05) is 6.20 Å². The highest BCUT2D eigenvalue weighted by atomic mass is 19.1. The molecule has 20 heavy (non-hydrogen) atoms. The van der Waals surface area contributed by atoms with Gasteiger partial charge in [-0.05, 0) is 16.9 Å². The molecule has 0 radical (unpaired) electrons. The zero-order chi connectivity index (χ0) is 14.8. The Labute approximate surface area is 118 Å². The van der Waals surface area contributed by atoms with E-state index in [9.17, 15) is 8.78 Å². The molecule has 0 aliphatic carbocycles. The largest absolute Gasteiger partial charge is 0.236 e. The summed E-state index contributed by atoms with van der Waals surface area (Å²) in [7, 11) is 0. The van der Waals surface area contributed by atoms with Gasteiger partial charge in [-0.15, -0.1) is 0 Å². The summed E-state index contributed by atoms with van der Waals surface area (Å²) in [5.41, 5.74) is 0.191. The van der Waals surface area contributed by atoms with E-state index in [1.54, 1.807) is 10.8 Å². The molecule has 2 aromatic rings. The number of aromatic nitrogens is 1. The number of hydrogen-bond donors (Lipinski definition) is 0. The first-order valence-electron chi connectivity index (χ1n) is 7.04. The molecule has 1 aromatic heterocycles. The fourth-order valence-electron chi connectivity index (χ4n) is 2.60. The Balaban J connectivity index is 2.42. The van der Waals surface area contributed by atoms with Gasteiger partial charge < -0.3 is 0 Å². The van der Waals surface area contributed by atoms with Gasteiger partial charge in [0.15, 0.2) is 0 Å². The molecule has 0 fully saturated rings. The van der Waals surface area contributed by atoms with Crippen LogP contribution in [0.4, 0.5) is 8.78 Å². The van der Waals surface area contributed by atoms with Crippen LogP contribution in [0.3, 0.4) is 0 Å². The Bertz CT molecular complexity index is 580. The Kier molecular flexibility index (Phi) is 4.21. The first-order chi connectivity index (χ1) is 9.56. The number of benzene rings is 1. The highest BCUT2D eigenvalue weighted by Crippen LogP contribution is 2.27. The highest BCUT2D eigenvalue weighted by molar-refractivity contribution is 5.56. The SMILES string of the molecule is CCC(CC)(CC)[n+]1ccc(-c2ccc(F)cc2F)o1. The van der Waals surface area contributed by atoms with Gasteiger partial charge in [0.2, 0.25) is 17.5 Å². The number of hydrogen-bond acceptors (Lipinski definition) is 1. The van der Waals surface area contributed by atoms with Gasteiger partial charge in [0.05, 0.1) is 11.6 Å². The topological polar surface area (TPSA) is 17.0 Å². The average Bonchev–Trinajstić information content (AvgIpc) is 2.91. The Morgan fingerprint density at radius 2 is 1.70 bits per heavy atom. The van der Waals surface area contributed by atoms with Crippen molar-refractivity contribution in [3.05, 3.63) is 42.1 Å². The second kappa shape index (κ2) is 5.73. The smallest absolute Gasteiger partial charge is 0.221 e. The predicted octanol–water partition coefficient (Wildman–Crippen LogP) is 4.44. The lowest BCUT2D eigenvalue weighted by Crippen LogP contribution is -2.53. The summed E-state index contributed by atoms with van der Waals surface area (Å²) in [6.45, 7) is 6.34. The third kappa shape index (κ3) is 2.47. The van der Waals surface area contributed by atoms with Crippen molar-refractivity contribution in [1.82, 2.24) is 0 Å². The minimum Gasteiger partial charge on any atom is -0.236 e. The molecule has 0 unspecified atom stereocenters. The molecule has 0 amide bonds. The van der Waals surface area contributed by atoms with Crippen molar-refractivity contribution in [1.29, 1.82) is 0 Å². The molecular formula is C16H20F2NO+. The first-order valence-corrected chi connectivity index (χ1v) is 7.04. The van der Waals surface area contributed by atoms with Crippen molar-refractivity contribution in [2.45, 2.75) is 45.6 Å². The van der Waals surface area contributed by atoms with Gasteiger partial charge in [-0.25, -0.2) is 13.3 Å². The summed E-state index contributed by atoms with van der Waals surface area (Å²) in [5.74, 6) is -0.778. The Morgan fingerprint density at radius 3 is 2.25 bits per heavy atom. The third-order valence-electron chi connectivity index (χ3n) is 4.20. The fourth-order valence-corrected chi connectivity index (χ4v) is 2.60. The van der Waals surface area contributed by atoms with Gasteiger partial charge in [0.1, 0.15) is 11.6 Å². The molecule has 2 rings (SSSR count). The van der Waals surface area contributed by atoms with E-state index in [1.165, 1.54) is 12.1 Å². The van der Waals surface area contributed by atoms with Gasteiger partial charge in [0.25, 0.3) is 0 Å². The molecule has 0 saturated heterocycles. The van der Waals surface area contributed by atoms with E-state index >= 15 is 0 Å². The summed E-state index contributed by atoms with van der Waals surface area (Å²) in [6.07, 6.45) is 4.63. The van der Waals surface area contributed by atoms with Crippen molar-refractivity contribution in [2.24, 2.45) is 0 Å². The van der Waals surface area contributed by atoms with Crippen LogP contribution in [0.5, 0.6) is 0 Å². The summed E-state index contributed by atoms with van der Waals surface area (Å²) < 4.78 is 34.3. The molecule has 0 bridgehead atoms. The van der Waals surface area contributed by atoms with Crippen molar-refractivity contribution in [3.8, 4) is 11.3 Å². The first kappa shape index (κ1) is 14.7. The summed E-state index contributed by atoms with van der Waals surface area (Å²) in [6, 6.07) is 5.23. The number of halogens is 2. The quantitative estimate of drug-likeness (QED) is 0.740. The van der Waals surface area contributed by atoms with Crippen molar-refractivity contribution in [3.63, 3.8) is 0 Å². The van der Waals surface area contributed by atoms with Gasteiger partial charge in [-0.2, -0.15) is 0 Å². The van der Waals surface area contributed by atoms with Crippen molar-refractivity contribution >= 4 is 0 Å². The molecular weight excluding hydrogens is 260 g/mol. The van der Waals surface area contributed by atoms with Crippen LogP contribution in [0.25, 0.3) is 11.3 Å². The third-order valence-corrected chi connectivity index (χ3v) is 4.20. The minimum absolute atomic E-state index is 0.0885. The summed E-state index contributed by atoms with van der Waals surface area (Å²) >= 11 is 0. The van der Waals surface area contributed by atoms with Crippen molar-refractivity contribution in [2.75, 3.05) is 0 Å². The molecule has 0 N–H and O–H groups in total. The maximum Gasteiger partial charge on any atom is 0.221 e. The van der Waals surface area contributed by atoms with Crippen LogP contribution in [0, 0.1) is 11.6 Å². The second-order valence-electron chi connectivity index (χ2n) is 5.01. The Hall–Kier alpha value is -1.71. The molecule has 1 aromatic carbocycles. The molecule has 0 aliphatic heterocycles. The predicted molar refractivity (Wildman–Crippen MR) is 73.1 cm³/mol. The van der Waals surface area contributed by atoms with E-state index in [-0.39, 0.29) is 11.1 Å². The minimum atomic E-state index is -0.610. The molecule has 0 spiro atoms. The molecule has 0 saturated carbocycles. The standard InChI is InChI=1S/C16H20F2NO/c1-4-16(5-2,6-3)19-10-9-15(20-19)13-8-7-12(17)11-14(13)18/h7-11H,4-6H2,1-3H3/q+1. The fraction of sp³-hybridized carbons (Fsp3) is 0.438. The molecule has 0 atom stereocenters. The molecule has 2 nitrogen and oxygen atoms in total. The lowest BCUT2D eigenvalue weighted by atomic mass is 9.90. The summed E-state index contributed by atoms with van der Waals surface area (Å²) in [5, 5.41) is 0. The Morgan fingerprint density at radius 1 is 1.05 bits per heavy atom. The molecule has 108 valence electrons. The lowest BCUT2D eigenvalue weighted by molar-refractivity contribution is -0.913. The molecule has 4 heteroatoms.